The number of hydrogen-bond acceptors (Lipinski definition) is 1. The van der Waals surface area contributed by atoms with E-state index in [0.29, 0.717) is 46.2 Å². The normalized spacial score (nSPS) is 12.5. The first-order valence-electron chi connectivity index (χ1n) is 14.0. The maximum Gasteiger partial charge on any atom is 0.411 e. The molecule has 4 rings (SSSR count). The van der Waals surface area contributed by atoms with Crippen molar-refractivity contribution in [3.05, 3.63) is 140 Å². The molecule has 0 saturated heterocycles. The Hall–Kier alpha value is -3.87. The van der Waals surface area contributed by atoms with E-state index in [4.69, 9.17) is 0 Å². The molecular formula is C36H34F6O. The van der Waals surface area contributed by atoms with Gasteiger partial charge in [0.25, 0.3) is 0 Å². The van der Waals surface area contributed by atoms with E-state index in [9.17, 15) is 31.1 Å². The van der Waals surface area contributed by atoms with E-state index in [-0.39, 0.29) is 5.78 Å². The van der Waals surface area contributed by atoms with Gasteiger partial charge in [0.2, 0.25) is 5.41 Å². The van der Waals surface area contributed by atoms with Crippen molar-refractivity contribution < 1.29 is 31.1 Å². The van der Waals surface area contributed by atoms with Crippen LogP contribution < -0.4 is 0 Å². The molecular weight excluding hydrogens is 562 g/mol. The summed E-state index contributed by atoms with van der Waals surface area (Å²) in [5.74, 6) is -0.0919. The van der Waals surface area contributed by atoms with Gasteiger partial charge < -0.3 is 0 Å². The van der Waals surface area contributed by atoms with Crippen molar-refractivity contribution in [3.8, 4) is 0 Å². The number of benzene rings is 4. The molecule has 1 nitrogen and oxygen atoms in total. The van der Waals surface area contributed by atoms with Gasteiger partial charge in [-0.15, -0.1) is 0 Å². The SMILES string of the molecule is Cc1ccc(C(=O)c2ccc(CCc3ccc(C(c4ccc(C)c(C)c4)(C(F)(F)F)C(F)(F)F)cc3C)c(C)c2)cc1C. The predicted octanol–water partition coefficient (Wildman–Crippen LogP) is 9.96. The predicted molar refractivity (Wildman–Crippen MR) is 158 cm³/mol. The second-order valence-corrected chi connectivity index (χ2v) is 11.5. The van der Waals surface area contributed by atoms with Crippen molar-refractivity contribution in [2.75, 3.05) is 0 Å². The smallest absolute Gasteiger partial charge is 0.289 e. The second kappa shape index (κ2) is 11.7. The highest BCUT2D eigenvalue weighted by atomic mass is 19.4. The average molecular weight is 597 g/mol. The summed E-state index contributed by atoms with van der Waals surface area (Å²) in [7, 11) is 0. The zero-order valence-electron chi connectivity index (χ0n) is 25.0. The summed E-state index contributed by atoms with van der Waals surface area (Å²) in [4.78, 5) is 13.0. The highest BCUT2D eigenvalue weighted by Crippen LogP contribution is 2.56. The van der Waals surface area contributed by atoms with E-state index in [1.54, 1.807) is 19.1 Å². The van der Waals surface area contributed by atoms with E-state index >= 15 is 0 Å². The first-order chi connectivity index (χ1) is 20.0. The lowest BCUT2D eigenvalue weighted by atomic mass is 9.71. The molecule has 0 amide bonds. The van der Waals surface area contributed by atoms with Crippen molar-refractivity contribution in [2.45, 2.75) is 72.2 Å². The molecule has 0 atom stereocenters. The molecule has 4 aromatic carbocycles. The Kier molecular flexibility index (Phi) is 8.70. The van der Waals surface area contributed by atoms with Crippen LogP contribution in [0.25, 0.3) is 0 Å². The molecule has 226 valence electrons. The Morgan fingerprint density at radius 2 is 0.860 bits per heavy atom. The number of rotatable bonds is 7. The van der Waals surface area contributed by atoms with Gasteiger partial charge in [0.15, 0.2) is 5.78 Å². The van der Waals surface area contributed by atoms with Gasteiger partial charge in [0.05, 0.1) is 0 Å². The van der Waals surface area contributed by atoms with Gasteiger partial charge in [-0.3, -0.25) is 4.79 Å². The zero-order valence-corrected chi connectivity index (χ0v) is 25.0. The summed E-state index contributed by atoms with van der Waals surface area (Å²) in [5, 5.41) is 0. The van der Waals surface area contributed by atoms with Gasteiger partial charge in [0, 0.05) is 11.1 Å². The highest BCUT2D eigenvalue weighted by Gasteiger charge is 2.72. The summed E-state index contributed by atoms with van der Waals surface area (Å²) in [5.41, 5.74) is 1.15. The lowest BCUT2D eigenvalue weighted by Crippen LogP contribution is -2.54. The third-order valence-electron chi connectivity index (χ3n) is 8.60. The maximum absolute atomic E-state index is 14.6. The summed E-state index contributed by atoms with van der Waals surface area (Å²) in [6.07, 6.45) is -10.3. The average Bonchev–Trinajstić information content (AvgIpc) is 2.90. The molecule has 0 aliphatic rings. The standard InChI is InChI=1S/C36H34F6O/c1-21-7-9-29(17-23(21)3)33(43)30-13-12-27(25(5)18-30)10-11-28-14-16-32(20-26(28)6)34(35(37,38)39,36(40,41)42)31-15-8-22(2)24(4)19-31/h7-9,12-20H,10-11H2,1-6H3. The summed E-state index contributed by atoms with van der Waals surface area (Å²) < 4.78 is 87.7. The molecule has 0 aliphatic carbocycles. The Bertz CT molecular complexity index is 1660. The molecule has 0 spiro atoms. The summed E-state index contributed by atoms with van der Waals surface area (Å²) >= 11 is 0. The van der Waals surface area contributed by atoms with Crippen LogP contribution in [0.15, 0.2) is 72.8 Å². The van der Waals surface area contributed by atoms with Gasteiger partial charge >= 0.3 is 12.4 Å². The molecule has 0 radical (unpaired) electrons. The third-order valence-corrected chi connectivity index (χ3v) is 8.60. The molecule has 43 heavy (non-hydrogen) atoms. The van der Waals surface area contributed by atoms with Crippen LogP contribution in [-0.2, 0) is 18.3 Å². The number of carbonyl (C=O) groups is 1. The molecule has 0 bridgehead atoms. The monoisotopic (exact) mass is 596 g/mol. The van der Waals surface area contributed by atoms with E-state index in [1.165, 1.54) is 26.0 Å². The Labute approximate surface area is 248 Å². The van der Waals surface area contributed by atoms with E-state index in [0.717, 1.165) is 46.5 Å². The Morgan fingerprint density at radius 3 is 1.30 bits per heavy atom. The van der Waals surface area contributed by atoms with Crippen molar-refractivity contribution in [2.24, 2.45) is 0 Å². The van der Waals surface area contributed by atoms with Crippen molar-refractivity contribution >= 4 is 5.78 Å². The number of halogens is 6. The maximum atomic E-state index is 14.6. The largest absolute Gasteiger partial charge is 0.411 e. The van der Waals surface area contributed by atoms with Crippen LogP contribution in [0.1, 0.15) is 71.6 Å². The van der Waals surface area contributed by atoms with Gasteiger partial charge in [-0.05, 0) is 122 Å². The minimum Gasteiger partial charge on any atom is -0.289 e. The molecule has 0 heterocycles. The fourth-order valence-corrected chi connectivity index (χ4v) is 5.60. The van der Waals surface area contributed by atoms with Gasteiger partial charge in [-0.1, -0.05) is 60.7 Å². The first-order valence-corrected chi connectivity index (χ1v) is 14.0. The van der Waals surface area contributed by atoms with Crippen LogP contribution in [0, 0.1) is 41.5 Å². The van der Waals surface area contributed by atoms with Crippen LogP contribution in [0.2, 0.25) is 0 Å². The van der Waals surface area contributed by atoms with E-state index < -0.39 is 28.9 Å². The quantitative estimate of drug-likeness (QED) is 0.153. The number of alkyl halides is 6. The van der Waals surface area contributed by atoms with Crippen LogP contribution in [0.3, 0.4) is 0 Å². The molecule has 7 heteroatoms. The minimum absolute atomic E-state index is 0.0919. The summed E-state index contributed by atoms with van der Waals surface area (Å²) in [6, 6.07) is 17.5. The van der Waals surface area contributed by atoms with Crippen LogP contribution in [-0.4, -0.2) is 18.1 Å². The lowest BCUT2D eigenvalue weighted by Gasteiger charge is -2.39. The number of carbonyl (C=O) groups excluding carboxylic acids is 1. The molecule has 0 fully saturated rings. The van der Waals surface area contributed by atoms with Crippen LogP contribution in [0.5, 0.6) is 0 Å². The first kappa shape index (κ1) is 32.1. The molecule has 0 aromatic heterocycles. The third kappa shape index (κ3) is 5.99. The van der Waals surface area contributed by atoms with Crippen LogP contribution >= 0.6 is 0 Å². The van der Waals surface area contributed by atoms with Crippen molar-refractivity contribution in [1.82, 2.24) is 0 Å². The zero-order chi connectivity index (χ0) is 31.9. The fourth-order valence-electron chi connectivity index (χ4n) is 5.60. The fraction of sp³-hybridized carbons (Fsp3) is 0.306. The van der Waals surface area contributed by atoms with Gasteiger partial charge in [-0.25, -0.2) is 0 Å². The second-order valence-electron chi connectivity index (χ2n) is 11.5. The topological polar surface area (TPSA) is 17.1 Å². The van der Waals surface area contributed by atoms with Gasteiger partial charge in [0.1, 0.15) is 0 Å². The highest BCUT2D eigenvalue weighted by molar-refractivity contribution is 6.09. The molecule has 0 aliphatic heterocycles. The molecule has 0 saturated carbocycles. The summed E-state index contributed by atoms with van der Waals surface area (Å²) in [6.45, 7) is 10.5. The van der Waals surface area contributed by atoms with E-state index in [1.807, 2.05) is 45.0 Å². The van der Waals surface area contributed by atoms with Crippen molar-refractivity contribution in [1.29, 1.82) is 0 Å². The number of hydrogen-bond donors (Lipinski definition) is 0. The Morgan fingerprint density at radius 1 is 0.488 bits per heavy atom. The van der Waals surface area contributed by atoms with Crippen molar-refractivity contribution in [3.63, 3.8) is 0 Å². The lowest BCUT2D eigenvalue weighted by molar-refractivity contribution is -0.288. The number of aryl methyl sites for hydroxylation is 8. The molecule has 0 N–H and O–H groups in total. The molecule has 4 aromatic rings. The molecule has 0 unspecified atom stereocenters. The van der Waals surface area contributed by atoms with E-state index in [2.05, 4.69) is 0 Å². The Balaban J connectivity index is 1.64. The van der Waals surface area contributed by atoms with Crippen LogP contribution in [0.4, 0.5) is 26.3 Å². The minimum atomic E-state index is -5.63. The van der Waals surface area contributed by atoms with Gasteiger partial charge in [-0.2, -0.15) is 26.3 Å². The number of ketones is 1.